The quantitative estimate of drug-likeness (QED) is 0.756. The van der Waals surface area contributed by atoms with Crippen LogP contribution < -0.4 is 11.1 Å². The van der Waals surface area contributed by atoms with Gasteiger partial charge in [0.05, 0.1) is 0 Å². The number of rotatable bonds is 3. The van der Waals surface area contributed by atoms with Gasteiger partial charge in [-0.2, -0.15) is 13.2 Å². The van der Waals surface area contributed by atoms with Crippen LogP contribution in [0.3, 0.4) is 0 Å². The van der Waals surface area contributed by atoms with Gasteiger partial charge in [0.15, 0.2) is 0 Å². The Morgan fingerprint density at radius 1 is 1.40 bits per heavy atom. The normalized spacial score (nSPS) is 20.3. The third-order valence-corrected chi connectivity index (χ3v) is 2.80. The standard InChI is InChI=1S/C9H15F3N2O/c10-9(11,12)8(15)14-7(5-13)6-3-1-2-4-6/h6-7H,1-5,13H2,(H,14,15). The summed E-state index contributed by atoms with van der Waals surface area (Å²) >= 11 is 0. The Morgan fingerprint density at radius 3 is 2.33 bits per heavy atom. The van der Waals surface area contributed by atoms with Crippen molar-refractivity contribution in [3.63, 3.8) is 0 Å². The summed E-state index contributed by atoms with van der Waals surface area (Å²) in [5, 5.41) is 1.96. The van der Waals surface area contributed by atoms with Crippen LogP contribution in [0.25, 0.3) is 0 Å². The SMILES string of the molecule is NCC(NC(=O)C(F)(F)F)C1CCCC1. The first kappa shape index (κ1) is 12.3. The smallest absolute Gasteiger partial charge is 0.344 e. The van der Waals surface area contributed by atoms with Crippen molar-refractivity contribution in [1.29, 1.82) is 0 Å². The van der Waals surface area contributed by atoms with E-state index in [0.717, 1.165) is 25.7 Å². The number of halogens is 3. The van der Waals surface area contributed by atoms with Gasteiger partial charge in [0, 0.05) is 12.6 Å². The Morgan fingerprint density at radius 2 is 1.93 bits per heavy atom. The lowest BCUT2D eigenvalue weighted by Crippen LogP contribution is -2.49. The molecule has 1 fully saturated rings. The fourth-order valence-electron chi connectivity index (χ4n) is 1.98. The number of carbonyl (C=O) groups excluding carboxylic acids is 1. The molecule has 0 aromatic heterocycles. The summed E-state index contributed by atoms with van der Waals surface area (Å²) in [6, 6.07) is -0.540. The van der Waals surface area contributed by atoms with Crippen molar-refractivity contribution in [2.24, 2.45) is 11.7 Å². The average molecular weight is 224 g/mol. The van der Waals surface area contributed by atoms with Crippen molar-refractivity contribution in [2.45, 2.75) is 37.9 Å². The fourth-order valence-corrected chi connectivity index (χ4v) is 1.98. The van der Waals surface area contributed by atoms with E-state index in [9.17, 15) is 18.0 Å². The van der Waals surface area contributed by atoms with E-state index in [1.54, 1.807) is 0 Å². The second-order valence-corrected chi connectivity index (χ2v) is 3.86. The molecule has 0 aliphatic heterocycles. The first-order valence-corrected chi connectivity index (χ1v) is 5.03. The molecule has 3 nitrogen and oxygen atoms in total. The first-order valence-electron chi connectivity index (χ1n) is 5.03. The van der Waals surface area contributed by atoms with Gasteiger partial charge in [-0.25, -0.2) is 0 Å². The molecule has 0 bridgehead atoms. The lowest BCUT2D eigenvalue weighted by molar-refractivity contribution is -0.174. The van der Waals surface area contributed by atoms with Crippen LogP contribution in [0.4, 0.5) is 13.2 Å². The predicted octanol–water partition coefficient (Wildman–Crippen LogP) is 1.18. The first-order chi connectivity index (χ1) is 6.95. The Balaban J connectivity index is 2.49. The maximum absolute atomic E-state index is 12.0. The van der Waals surface area contributed by atoms with Gasteiger partial charge in [0.25, 0.3) is 0 Å². The van der Waals surface area contributed by atoms with Crippen LogP contribution in [-0.2, 0) is 4.79 Å². The van der Waals surface area contributed by atoms with Crippen LogP contribution in [0.5, 0.6) is 0 Å². The molecule has 0 aromatic rings. The lowest BCUT2D eigenvalue weighted by Gasteiger charge is -2.23. The van der Waals surface area contributed by atoms with Crippen molar-refractivity contribution in [1.82, 2.24) is 5.32 Å². The number of nitrogens with one attached hydrogen (secondary N) is 1. The van der Waals surface area contributed by atoms with Gasteiger partial charge >= 0.3 is 12.1 Å². The molecule has 0 aromatic carbocycles. The maximum atomic E-state index is 12.0. The Bertz CT molecular complexity index is 224. The van der Waals surface area contributed by atoms with Crippen molar-refractivity contribution in [2.75, 3.05) is 6.54 Å². The molecule has 0 spiro atoms. The summed E-state index contributed by atoms with van der Waals surface area (Å²) < 4.78 is 35.9. The molecular formula is C9H15F3N2O. The lowest BCUT2D eigenvalue weighted by atomic mass is 9.98. The summed E-state index contributed by atoms with van der Waals surface area (Å²) in [6.07, 6.45) is -1.11. The number of alkyl halides is 3. The van der Waals surface area contributed by atoms with E-state index in [0.29, 0.717) is 0 Å². The van der Waals surface area contributed by atoms with E-state index in [-0.39, 0.29) is 12.5 Å². The second kappa shape index (κ2) is 4.83. The molecule has 0 heterocycles. The van der Waals surface area contributed by atoms with E-state index >= 15 is 0 Å². The highest BCUT2D eigenvalue weighted by molar-refractivity contribution is 5.82. The molecule has 1 amide bonds. The molecule has 1 aliphatic rings. The zero-order valence-corrected chi connectivity index (χ0v) is 8.31. The predicted molar refractivity (Wildman–Crippen MR) is 49.0 cm³/mol. The summed E-state index contributed by atoms with van der Waals surface area (Å²) in [5.74, 6) is -1.79. The molecule has 0 saturated heterocycles. The molecule has 0 radical (unpaired) electrons. The zero-order valence-electron chi connectivity index (χ0n) is 8.31. The maximum Gasteiger partial charge on any atom is 0.471 e. The summed E-state index contributed by atoms with van der Waals surface area (Å²) in [6.45, 7) is 0.0620. The van der Waals surface area contributed by atoms with Crippen LogP contribution in [0.2, 0.25) is 0 Å². The van der Waals surface area contributed by atoms with E-state index in [4.69, 9.17) is 5.73 Å². The van der Waals surface area contributed by atoms with Gasteiger partial charge in [0.1, 0.15) is 0 Å². The van der Waals surface area contributed by atoms with Crippen LogP contribution in [0, 0.1) is 5.92 Å². The molecule has 1 unspecified atom stereocenters. The highest BCUT2D eigenvalue weighted by Gasteiger charge is 2.40. The zero-order chi connectivity index (χ0) is 11.5. The van der Waals surface area contributed by atoms with Gasteiger partial charge in [-0.15, -0.1) is 0 Å². The number of hydrogen-bond acceptors (Lipinski definition) is 2. The van der Waals surface area contributed by atoms with E-state index in [1.165, 1.54) is 0 Å². The fraction of sp³-hybridized carbons (Fsp3) is 0.889. The van der Waals surface area contributed by atoms with Gasteiger partial charge in [-0.1, -0.05) is 12.8 Å². The highest BCUT2D eigenvalue weighted by atomic mass is 19.4. The van der Waals surface area contributed by atoms with Gasteiger partial charge in [-0.3, -0.25) is 4.79 Å². The molecule has 1 aliphatic carbocycles. The summed E-state index contributed by atoms with van der Waals surface area (Å²) in [7, 11) is 0. The molecule has 1 rings (SSSR count). The molecule has 6 heteroatoms. The van der Waals surface area contributed by atoms with E-state index < -0.39 is 18.1 Å². The van der Waals surface area contributed by atoms with Crippen LogP contribution >= 0.6 is 0 Å². The van der Waals surface area contributed by atoms with Crippen LogP contribution in [-0.4, -0.2) is 24.7 Å². The Hall–Kier alpha value is -0.780. The minimum atomic E-state index is -4.81. The average Bonchev–Trinajstić information content (AvgIpc) is 2.64. The summed E-state index contributed by atoms with van der Waals surface area (Å²) in [4.78, 5) is 10.7. The molecular weight excluding hydrogens is 209 g/mol. The molecule has 88 valence electrons. The van der Waals surface area contributed by atoms with Gasteiger partial charge < -0.3 is 11.1 Å². The molecule has 15 heavy (non-hydrogen) atoms. The Labute approximate surface area is 86.2 Å². The minimum Gasteiger partial charge on any atom is -0.344 e. The Kier molecular flexibility index (Phi) is 3.96. The highest BCUT2D eigenvalue weighted by Crippen LogP contribution is 2.28. The van der Waals surface area contributed by atoms with Crippen molar-refractivity contribution >= 4 is 5.91 Å². The number of amides is 1. The molecule has 1 saturated carbocycles. The third kappa shape index (κ3) is 3.37. The number of hydrogen-bond donors (Lipinski definition) is 2. The second-order valence-electron chi connectivity index (χ2n) is 3.86. The largest absolute Gasteiger partial charge is 0.471 e. The minimum absolute atomic E-state index is 0.0620. The van der Waals surface area contributed by atoms with E-state index in [1.807, 2.05) is 5.32 Å². The van der Waals surface area contributed by atoms with Crippen molar-refractivity contribution in [3.05, 3.63) is 0 Å². The molecule has 1 atom stereocenters. The third-order valence-electron chi connectivity index (χ3n) is 2.80. The topological polar surface area (TPSA) is 55.1 Å². The van der Waals surface area contributed by atoms with E-state index in [2.05, 4.69) is 0 Å². The van der Waals surface area contributed by atoms with Crippen LogP contribution in [0.1, 0.15) is 25.7 Å². The number of carbonyl (C=O) groups is 1. The summed E-state index contributed by atoms with van der Waals surface area (Å²) in [5.41, 5.74) is 5.36. The number of nitrogens with two attached hydrogens (primary N) is 1. The van der Waals surface area contributed by atoms with Crippen LogP contribution in [0.15, 0.2) is 0 Å². The van der Waals surface area contributed by atoms with Gasteiger partial charge in [-0.05, 0) is 18.8 Å². The van der Waals surface area contributed by atoms with Crippen molar-refractivity contribution < 1.29 is 18.0 Å². The monoisotopic (exact) mass is 224 g/mol. The van der Waals surface area contributed by atoms with Crippen molar-refractivity contribution in [3.8, 4) is 0 Å². The molecule has 3 N–H and O–H groups in total. The van der Waals surface area contributed by atoms with Gasteiger partial charge in [0.2, 0.25) is 0 Å².